The summed E-state index contributed by atoms with van der Waals surface area (Å²) in [5.41, 5.74) is 0. The van der Waals surface area contributed by atoms with Crippen LogP contribution in [0.1, 0.15) is 12.7 Å². The molecular weight excluding hydrogens is 409 g/mol. The van der Waals surface area contributed by atoms with Crippen molar-refractivity contribution in [2.45, 2.75) is 19.9 Å². The van der Waals surface area contributed by atoms with Crippen LogP contribution in [0.25, 0.3) is 0 Å². The summed E-state index contributed by atoms with van der Waals surface area (Å²) in [4.78, 5) is 6.44. The summed E-state index contributed by atoms with van der Waals surface area (Å²) in [6.07, 6.45) is 2.66. The number of likely N-dealkylation sites (N-methyl/N-ethyl adjacent to an activating group) is 1. The maximum atomic E-state index is 5.06. The van der Waals surface area contributed by atoms with Crippen molar-refractivity contribution in [3.05, 3.63) is 12.2 Å². The monoisotopic (exact) mass is 439 g/mol. The van der Waals surface area contributed by atoms with E-state index in [0.29, 0.717) is 0 Å². The Kier molecular flexibility index (Phi) is 12.9. The maximum absolute atomic E-state index is 5.06. The third-order valence-corrected chi connectivity index (χ3v) is 3.34. The standard InChI is InChI=1S/C14H29N7O.HI/c1-5-13-19-18-12-21(13)9-7-17-14(15-2)16-6-8-20(3)10-11-22-4;/h12H,5-11H2,1-4H3,(H2,15,16,17);1H. The van der Waals surface area contributed by atoms with Gasteiger partial charge in [-0.05, 0) is 7.05 Å². The van der Waals surface area contributed by atoms with Gasteiger partial charge in [0.1, 0.15) is 12.2 Å². The molecule has 0 amide bonds. The number of nitrogens with zero attached hydrogens (tertiary/aromatic N) is 5. The van der Waals surface area contributed by atoms with Gasteiger partial charge in [0.25, 0.3) is 0 Å². The Morgan fingerprint density at radius 3 is 2.74 bits per heavy atom. The molecule has 1 aromatic rings. The minimum absolute atomic E-state index is 0. The Labute approximate surface area is 156 Å². The zero-order valence-corrected chi connectivity index (χ0v) is 16.9. The molecule has 8 nitrogen and oxygen atoms in total. The highest BCUT2D eigenvalue weighted by molar-refractivity contribution is 14.0. The summed E-state index contributed by atoms with van der Waals surface area (Å²) < 4.78 is 7.11. The van der Waals surface area contributed by atoms with E-state index in [2.05, 4.69) is 49.3 Å². The van der Waals surface area contributed by atoms with Gasteiger partial charge in [-0.3, -0.25) is 4.99 Å². The van der Waals surface area contributed by atoms with Gasteiger partial charge in [0, 0.05) is 53.3 Å². The highest BCUT2D eigenvalue weighted by Crippen LogP contribution is 1.94. The van der Waals surface area contributed by atoms with E-state index in [1.165, 1.54) is 0 Å². The molecule has 1 heterocycles. The minimum Gasteiger partial charge on any atom is -0.383 e. The topological polar surface area (TPSA) is 79.6 Å². The van der Waals surface area contributed by atoms with Gasteiger partial charge in [-0.1, -0.05) is 6.92 Å². The number of hydrogen-bond acceptors (Lipinski definition) is 5. The van der Waals surface area contributed by atoms with E-state index in [0.717, 1.165) is 57.5 Å². The number of hydrogen-bond donors (Lipinski definition) is 2. The van der Waals surface area contributed by atoms with Crippen LogP contribution in [0, 0.1) is 0 Å². The fraction of sp³-hybridized carbons (Fsp3) is 0.786. The normalized spacial score (nSPS) is 11.4. The second-order valence-corrected chi connectivity index (χ2v) is 5.02. The molecule has 0 radical (unpaired) electrons. The molecule has 1 aromatic heterocycles. The highest BCUT2D eigenvalue weighted by atomic mass is 127. The number of rotatable bonds is 10. The van der Waals surface area contributed by atoms with Gasteiger partial charge >= 0.3 is 0 Å². The van der Waals surface area contributed by atoms with Crippen LogP contribution in [0.4, 0.5) is 0 Å². The molecule has 0 saturated carbocycles. The number of guanidine groups is 1. The molecule has 0 spiro atoms. The Balaban J connectivity index is 0.00000484. The van der Waals surface area contributed by atoms with Crippen LogP contribution in [-0.4, -0.2) is 79.6 Å². The Hall–Kier alpha value is -0.940. The number of ether oxygens (including phenoxy) is 1. The predicted molar refractivity (Wildman–Crippen MR) is 104 cm³/mol. The number of nitrogens with one attached hydrogen (secondary N) is 2. The van der Waals surface area contributed by atoms with Crippen LogP contribution in [0.2, 0.25) is 0 Å². The summed E-state index contributed by atoms with van der Waals surface area (Å²) in [5.74, 6) is 1.82. The van der Waals surface area contributed by atoms with Crippen molar-refractivity contribution in [3.63, 3.8) is 0 Å². The first-order valence-corrected chi connectivity index (χ1v) is 7.70. The second kappa shape index (κ2) is 13.5. The van der Waals surface area contributed by atoms with E-state index in [9.17, 15) is 0 Å². The first-order chi connectivity index (χ1) is 10.7. The van der Waals surface area contributed by atoms with E-state index in [1.807, 2.05) is 0 Å². The molecule has 9 heteroatoms. The molecule has 0 aliphatic heterocycles. The summed E-state index contributed by atoms with van der Waals surface area (Å²) in [7, 11) is 5.58. The lowest BCUT2D eigenvalue weighted by Gasteiger charge is -2.18. The SMILES string of the molecule is CCc1nncn1CCNC(=NC)NCCN(C)CCOC.I. The Bertz CT molecular complexity index is 439. The zero-order valence-electron chi connectivity index (χ0n) is 14.6. The predicted octanol–water partition coefficient (Wildman–Crippen LogP) is 0.202. The largest absolute Gasteiger partial charge is 0.383 e. The van der Waals surface area contributed by atoms with Crippen molar-refractivity contribution >= 4 is 29.9 Å². The van der Waals surface area contributed by atoms with Crippen molar-refractivity contribution in [1.29, 1.82) is 0 Å². The van der Waals surface area contributed by atoms with Crippen molar-refractivity contribution in [3.8, 4) is 0 Å². The number of aliphatic imine (C=N–C) groups is 1. The van der Waals surface area contributed by atoms with Crippen LogP contribution < -0.4 is 10.6 Å². The van der Waals surface area contributed by atoms with E-state index in [1.54, 1.807) is 20.5 Å². The summed E-state index contributed by atoms with van der Waals surface area (Å²) in [6.45, 7) is 7.14. The zero-order chi connectivity index (χ0) is 16.2. The molecular formula is C14H30IN7O. The van der Waals surface area contributed by atoms with Crippen LogP contribution in [0.3, 0.4) is 0 Å². The lowest BCUT2D eigenvalue weighted by atomic mass is 10.4. The lowest BCUT2D eigenvalue weighted by molar-refractivity contribution is 0.162. The molecule has 0 atom stereocenters. The van der Waals surface area contributed by atoms with Crippen LogP contribution in [0.15, 0.2) is 11.3 Å². The Morgan fingerprint density at radius 1 is 1.35 bits per heavy atom. The minimum atomic E-state index is 0. The first-order valence-electron chi connectivity index (χ1n) is 7.70. The fourth-order valence-corrected chi connectivity index (χ4v) is 1.98. The first kappa shape index (κ1) is 22.1. The van der Waals surface area contributed by atoms with Gasteiger partial charge in [0.2, 0.25) is 0 Å². The second-order valence-electron chi connectivity index (χ2n) is 5.02. The lowest BCUT2D eigenvalue weighted by Crippen LogP contribution is -2.42. The smallest absolute Gasteiger partial charge is 0.191 e. The van der Waals surface area contributed by atoms with E-state index < -0.39 is 0 Å². The number of aromatic nitrogens is 3. The molecule has 0 bridgehead atoms. The molecule has 0 aliphatic rings. The van der Waals surface area contributed by atoms with Gasteiger partial charge in [-0.25, -0.2) is 0 Å². The van der Waals surface area contributed by atoms with Gasteiger partial charge in [-0.2, -0.15) is 0 Å². The van der Waals surface area contributed by atoms with Crippen LogP contribution in [0.5, 0.6) is 0 Å². The molecule has 0 saturated heterocycles. The van der Waals surface area contributed by atoms with Crippen molar-refractivity contribution < 1.29 is 4.74 Å². The van der Waals surface area contributed by atoms with Crippen LogP contribution >= 0.6 is 24.0 Å². The fourth-order valence-electron chi connectivity index (χ4n) is 1.98. The van der Waals surface area contributed by atoms with E-state index in [-0.39, 0.29) is 24.0 Å². The quantitative estimate of drug-likeness (QED) is 0.308. The van der Waals surface area contributed by atoms with Gasteiger partial charge in [0.15, 0.2) is 5.96 Å². The molecule has 0 fully saturated rings. The molecule has 0 unspecified atom stereocenters. The maximum Gasteiger partial charge on any atom is 0.191 e. The third-order valence-electron chi connectivity index (χ3n) is 3.34. The average Bonchev–Trinajstić information content (AvgIpc) is 2.98. The van der Waals surface area contributed by atoms with E-state index >= 15 is 0 Å². The molecule has 0 aliphatic carbocycles. The third kappa shape index (κ3) is 9.06. The van der Waals surface area contributed by atoms with Gasteiger partial charge in [-0.15, -0.1) is 34.2 Å². The van der Waals surface area contributed by atoms with Crippen LogP contribution in [-0.2, 0) is 17.7 Å². The summed E-state index contributed by atoms with van der Waals surface area (Å²) in [5, 5.41) is 14.6. The highest BCUT2D eigenvalue weighted by Gasteiger charge is 2.03. The van der Waals surface area contributed by atoms with Gasteiger partial charge in [0.05, 0.1) is 6.61 Å². The van der Waals surface area contributed by atoms with Crippen molar-refractivity contribution in [2.24, 2.45) is 4.99 Å². The average molecular weight is 439 g/mol. The molecule has 0 aromatic carbocycles. The van der Waals surface area contributed by atoms with Crippen molar-refractivity contribution in [1.82, 2.24) is 30.3 Å². The summed E-state index contributed by atoms with van der Waals surface area (Å²) >= 11 is 0. The molecule has 2 N–H and O–H groups in total. The number of methoxy groups -OCH3 is 1. The van der Waals surface area contributed by atoms with Gasteiger partial charge < -0.3 is 24.8 Å². The van der Waals surface area contributed by atoms with E-state index in [4.69, 9.17) is 4.74 Å². The molecule has 134 valence electrons. The molecule has 1 rings (SSSR count). The molecule has 23 heavy (non-hydrogen) atoms. The number of aryl methyl sites for hydroxylation is 1. The summed E-state index contributed by atoms with van der Waals surface area (Å²) in [6, 6.07) is 0. The Morgan fingerprint density at radius 2 is 2.09 bits per heavy atom. The van der Waals surface area contributed by atoms with Crippen molar-refractivity contribution in [2.75, 3.05) is 54.0 Å². The number of halogens is 1.